The van der Waals surface area contributed by atoms with Crippen molar-refractivity contribution in [2.45, 2.75) is 57.9 Å². The Hall–Kier alpha value is -2.46. The van der Waals surface area contributed by atoms with E-state index in [9.17, 15) is 4.79 Å². The summed E-state index contributed by atoms with van der Waals surface area (Å²) in [5.74, 6) is 1.15. The van der Waals surface area contributed by atoms with Crippen molar-refractivity contribution in [1.29, 1.82) is 0 Å². The number of benzene rings is 1. The van der Waals surface area contributed by atoms with Crippen molar-refractivity contribution in [3.05, 3.63) is 71.6 Å². The van der Waals surface area contributed by atoms with Crippen molar-refractivity contribution in [1.82, 2.24) is 15.2 Å². The fourth-order valence-corrected chi connectivity index (χ4v) is 5.44. The van der Waals surface area contributed by atoms with Crippen LogP contribution in [0, 0.1) is 11.8 Å². The van der Waals surface area contributed by atoms with Crippen molar-refractivity contribution in [2.24, 2.45) is 11.8 Å². The smallest absolute Gasteiger partial charge is 0.220 e. The van der Waals surface area contributed by atoms with E-state index in [1.165, 1.54) is 36.8 Å². The van der Waals surface area contributed by atoms with Gasteiger partial charge in [0.2, 0.25) is 5.91 Å². The van der Waals surface area contributed by atoms with E-state index < -0.39 is 0 Å². The zero-order chi connectivity index (χ0) is 22.2. The molecule has 2 aliphatic rings. The topological polar surface area (TPSA) is 45.2 Å². The molecule has 1 aliphatic heterocycles. The van der Waals surface area contributed by atoms with Gasteiger partial charge < -0.3 is 5.32 Å². The van der Waals surface area contributed by atoms with Crippen LogP contribution in [0.15, 0.2) is 60.3 Å². The Morgan fingerprint density at radius 2 is 1.88 bits per heavy atom. The first-order chi connectivity index (χ1) is 15.7. The average molecular weight is 432 g/mol. The quantitative estimate of drug-likeness (QED) is 0.589. The van der Waals surface area contributed by atoms with Crippen LogP contribution in [0.2, 0.25) is 0 Å². The third-order valence-electron chi connectivity index (χ3n) is 6.97. The summed E-state index contributed by atoms with van der Waals surface area (Å²) in [7, 11) is 0. The Labute approximate surface area is 193 Å². The molecule has 0 bridgehead atoms. The summed E-state index contributed by atoms with van der Waals surface area (Å²) >= 11 is 0. The SMILES string of the molecule is C/C(=C\c1ccccc1)CN1CCC[C@@H]([C@H](NC(=O)CC2CCCC2)c2ccccn2)C1. The second kappa shape index (κ2) is 11.4. The monoisotopic (exact) mass is 431 g/mol. The number of carbonyl (C=O) groups excluding carboxylic acids is 1. The van der Waals surface area contributed by atoms with Crippen molar-refractivity contribution >= 4 is 12.0 Å². The maximum atomic E-state index is 12.9. The van der Waals surface area contributed by atoms with Crippen LogP contribution < -0.4 is 5.32 Å². The van der Waals surface area contributed by atoms with Gasteiger partial charge in [-0.25, -0.2) is 0 Å². The van der Waals surface area contributed by atoms with Gasteiger partial charge in [-0.2, -0.15) is 0 Å². The zero-order valence-electron chi connectivity index (χ0n) is 19.4. The fourth-order valence-electron chi connectivity index (χ4n) is 5.44. The first-order valence-corrected chi connectivity index (χ1v) is 12.3. The Balaban J connectivity index is 1.42. The third kappa shape index (κ3) is 6.52. The summed E-state index contributed by atoms with van der Waals surface area (Å²) < 4.78 is 0. The van der Waals surface area contributed by atoms with Crippen molar-refractivity contribution in [3.63, 3.8) is 0 Å². The summed E-state index contributed by atoms with van der Waals surface area (Å²) in [5, 5.41) is 3.40. The van der Waals surface area contributed by atoms with Gasteiger partial charge in [-0.3, -0.25) is 14.7 Å². The van der Waals surface area contributed by atoms with Crippen LogP contribution >= 0.6 is 0 Å². The molecule has 170 valence electrons. The maximum Gasteiger partial charge on any atom is 0.220 e. The number of pyridine rings is 1. The Morgan fingerprint density at radius 3 is 2.62 bits per heavy atom. The van der Waals surface area contributed by atoms with Gasteiger partial charge in [0, 0.05) is 25.7 Å². The Kier molecular flexibility index (Phi) is 8.11. The van der Waals surface area contributed by atoms with E-state index in [4.69, 9.17) is 0 Å². The molecule has 4 nitrogen and oxygen atoms in total. The van der Waals surface area contributed by atoms with Gasteiger partial charge in [-0.1, -0.05) is 60.9 Å². The predicted octanol–water partition coefficient (Wildman–Crippen LogP) is 5.63. The van der Waals surface area contributed by atoms with Gasteiger partial charge in [0.05, 0.1) is 11.7 Å². The first kappa shape index (κ1) is 22.7. The van der Waals surface area contributed by atoms with Gasteiger partial charge in [0.25, 0.3) is 0 Å². The molecule has 1 saturated carbocycles. The molecule has 1 aromatic heterocycles. The molecule has 32 heavy (non-hydrogen) atoms. The van der Waals surface area contributed by atoms with Crippen LogP contribution in [0.1, 0.15) is 69.2 Å². The molecule has 1 amide bonds. The number of nitrogens with zero attached hydrogens (tertiary/aromatic N) is 2. The molecule has 1 aliphatic carbocycles. The summed E-state index contributed by atoms with van der Waals surface area (Å²) in [4.78, 5) is 20.1. The summed E-state index contributed by atoms with van der Waals surface area (Å²) in [6.07, 6.45) is 12.0. The zero-order valence-corrected chi connectivity index (χ0v) is 19.4. The molecule has 2 heterocycles. The lowest BCUT2D eigenvalue weighted by molar-refractivity contribution is -0.123. The van der Waals surface area contributed by atoms with Crippen molar-refractivity contribution in [2.75, 3.05) is 19.6 Å². The highest BCUT2D eigenvalue weighted by atomic mass is 16.1. The van der Waals surface area contributed by atoms with Crippen LogP contribution in [0.3, 0.4) is 0 Å². The highest BCUT2D eigenvalue weighted by Crippen LogP contribution is 2.31. The molecular weight excluding hydrogens is 394 g/mol. The minimum Gasteiger partial charge on any atom is -0.347 e. The number of aromatic nitrogens is 1. The molecule has 2 aromatic rings. The van der Waals surface area contributed by atoms with Crippen molar-refractivity contribution < 1.29 is 4.79 Å². The average Bonchev–Trinajstić information content (AvgIpc) is 3.32. The number of hydrogen-bond donors (Lipinski definition) is 1. The molecule has 1 saturated heterocycles. The number of rotatable bonds is 8. The molecule has 1 N–H and O–H groups in total. The normalized spacial score (nSPS) is 21.4. The summed E-state index contributed by atoms with van der Waals surface area (Å²) in [5.41, 5.74) is 3.62. The lowest BCUT2D eigenvalue weighted by Gasteiger charge is -2.37. The molecule has 0 unspecified atom stereocenters. The van der Waals surface area contributed by atoms with E-state index in [1.54, 1.807) is 0 Å². The molecule has 0 radical (unpaired) electrons. The largest absolute Gasteiger partial charge is 0.347 e. The lowest BCUT2D eigenvalue weighted by atomic mass is 9.87. The standard InChI is InChI=1S/C28H37N3O/c1-22(18-23-10-3-2-4-11-23)20-31-17-9-14-25(21-31)28(26-15-7-8-16-29-26)30-27(32)19-24-12-5-6-13-24/h2-4,7-8,10-11,15-16,18,24-25,28H,5-6,9,12-14,17,19-21H2,1H3,(H,30,32)/b22-18+/t25-,28+/m1/s1. The van der Waals surface area contributed by atoms with E-state index in [-0.39, 0.29) is 11.9 Å². The van der Waals surface area contributed by atoms with Gasteiger partial charge in [0.1, 0.15) is 0 Å². The van der Waals surface area contributed by atoms with Gasteiger partial charge in [-0.05, 0) is 68.7 Å². The summed E-state index contributed by atoms with van der Waals surface area (Å²) in [6, 6.07) is 16.6. The number of carbonyl (C=O) groups is 1. The predicted molar refractivity (Wildman–Crippen MR) is 131 cm³/mol. The number of likely N-dealkylation sites (tertiary alicyclic amines) is 1. The van der Waals surface area contributed by atoms with E-state index >= 15 is 0 Å². The maximum absolute atomic E-state index is 12.9. The molecule has 1 aromatic carbocycles. The molecule has 4 rings (SSSR count). The van der Waals surface area contributed by atoms with Crippen molar-refractivity contribution in [3.8, 4) is 0 Å². The second-order valence-corrected chi connectivity index (χ2v) is 9.69. The second-order valence-electron chi connectivity index (χ2n) is 9.69. The van der Waals surface area contributed by atoms with E-state index in [1.807, 2.05) is 18.3 Å². The molecule has 2 fully saturated rings. The first-order valence-electron chi connectivity index (χ1n) is 12.3. The molecule has 0 spiro atoms. The van der Waals surface area contributed by atoms with Crippen LogP contribution in [0.5, 0.6) is 0 Å². The third-order valence-corrected chi connectivity index (χ3v) is 6.97. The number of piperidine rings is 1. The Morgan fingerprint density at radius 1 is 1.09 bits per heavy atom. The van der Waals surface area contributed by atoms with Gasteiger partial charge in [0.15, 0.2) is 0 Å². The Bertz CT molecular complexity index is 874. The van der Waals surface area contributed by atoms with Crippen LogP contribution in [0.25, 0.3) is 6.08 Å². The highest BCUT2D eigenvalue weighted by Gasteiger charge is 2.31. The van der Waals surface area contributed by atoms with Gasteiger partial charge in [-0.15, -0.1) is 0 Å². The van der Waals surface area contributed by atoms with E-state index in [0.717, 1.165) is 38.2 Å². The molecular formula is C28H37N3O. The number of hydrogen-bond acceptors (Lipinski definition) is 3. The highest BCUT2D eigenvalue weighted by molar-refractivity contribution is 5.76. The van der Waals surface area contributed by atoms with Crippen LogP contribution in [-0.4, -0.2) is 35.4 Å². The number of nitrogens with one attached hydrogen (secondary N) is 1. The molecule has 4 heteroatoms. The van der Waals surface area contributed by atoms with Crippen LogP contribution in [-0.2, 0) is 4.79 Å². The lowest BCUT2D eigenvalue weighted by Crippen LogP contribution is -2.44. The summed E-state index contributed by atoms with van der Waals surface area (Å²) in [6.45, 7) is 5.29. The number of amides is 1. The van der Waals surface area contributed by atoms with Gasteiger partial charge >= 0.3 is 0 Å². The molecule has 2 atom stereocenters. The van der Waals surface area contributed by atoms with E-state index in [2.05, 4.69) is 64.6 Å². The minimum absolute atomic E-state index is 0.00804. The minimum atomic E-state index is -0.00804. The van der Waals surface area contributed by atoms with E-state index in [0.29, 0.717) is 18.3 Å². The fraction of sp³-hybridized carbons (Fsp3) is 0.500. The van der Waals surface area contributed by atoms with Crippen LogP contribution in [0.4, 0.5) is 0 Å².